The van der Waals surface area contributed by atoms with Gasteiger partial charge in [0.05, 0.1) is 12.5 Å². The van der Waals surface area contributed by atoms with Crippen LogP contribution in [0.15, 0.2) is 30.3 Å². The molecule has 5 heteroatoms. The first kappa shape index (κ1) is 16.0. The van der Waals surface area contributed by atoms with Gasteiger partial charge in [-0.1, -0.05) is 30.3 Å². The molecule has 0 bridgehead atoms. The summed E-state index contributed by atoms with van der Waals surface area (Å²) >= 11 is 0. The number of nitrogens with one attached hydrogen (secondary N) is 2. The quantitative estimate of drug-likeness (QED) is 0.869. The third kappa shape index (κ3) is 4.32. The van der Waals surface area contributed by atoms with Crippen LogP contribution in [0.2, 0.25) is 0 Å². The van der Waals surface area contributed by atoms with Crippen LogP contribution in [0.25, 0.3) is 0 Å². The smallest absolute Gasteiger partial charge is 0.237 e. The van der Waals surface area contributed by atoms with Crippen LogP contribution < -0.4 is 10.6 Å². The van der Waals surface area contributed by atoms with Gasteiger partial charge >= 0.3 is 0 Å². The fourth-order valence-corrected chi connectivity index (χ4v) is 3.45. The fraction of sp³-hybridized carbons (Fsp3) is 0.556. The molecule has 3 rings (SSSR count). The SMILES string of the molecule is O=C1NCCNC1CC(=O)N1CCC(Cc2ccccc2)CC1. The van der Waals surface area contributed by atoms with Crippen LogP contribution >= 0.6 is 0 Å². The second-order valence-electron chi connectivity index (χ2n) is 6.52. The summed E-state index contributed by atoms with van der Waals surface area (Å²) in [4.78, 5) is 26.0. The lowest BCUT2D eigenvalue weighted by Gasteiger charge is -2.33. The summed E-state index contributed by atoms with van der Waals surface area (Å²) in [6.45, 7) is 3.01. The number of rotatable bonds is 4. The van der Waals surface area contributed by atoms with E-state index in [9.17, 15) is 9.59 Å². The molecule has 2 aliphatic rings. The third-order valence-electron chi connectivity index (χ3n) is 4.84. The summed E-state index contributed by atoms with van der Waals surface area (Å²) in [5.41, 5.74) is 1.38. The highest BCUT2D eigenvalue weighted by atomic mass is 16.2. The molecule has 1 aromatic carbocycles. The predicted molar refractivity (Wildman–Crippen MR) is 88.9 cm³/mol. The van der Waals surface area contributed by atoms with Crippen molar-refractivity contribution in [1.29, 1.82) is 0 Å². The Kier molecular flexibility index (Phi) is 5.28. The maximum absolute atomic E-state index is 12.4. The van der Waals surface area contributed by atoms with Crippen LogP contribution in [0, 0.1) is 5.92 Å². The van der Waals surface area contributed by atoms with E-state index < -0.39 is 0 Å². The monoisotopic (exact) mass is 315 g/mol. The number of hydrogen-bond donors (Lipinski definition) is 2. The maximum Gasteiger partial charge on any atom is 0.237 e. The van der Waals surface area contributed by atoms with E-state index in [2.05, 4.69) is 34.9 Å². The summed E-state index contributed by atoms with van der Waals surface area (Å²) in [6, 6.07) is 10.2. The predicted octanol–water partition coefficient (Wildman–Crippen LogP) is 0.946. The van der Waals surface area contributed by atoms with E-state index in [4.69, 9.17) is 0 Å². The topological polar surface area (TPSA) is 61.4 Å². The van der Waals surface area contributed by atoms with Crippen molar-refractivity contribution >= 4 is 11.8 Å². The number of hydrogen-bond acceptors (Lipinski definition) is 3. The Balaban J connectivity index is 1.45. The van der Waals surface area contributed by atoms with Crippen LogP contribution in [0.1, 0.15) is 24.8 Å². The van der Waals surface area contributed by atoms with Gasteiger partial charge in [-0.3, -0.25) is 9.59 Å². The summed E-state index contributed by atoms with van der Waals surface area (Å²) in [6.07, 6.45) is 3.46. The van der Waals surface area contributed by atoms with Gasteiger partial charge in [-0.2, -0.15) is 0 Å². The molecular weight excluding hydrogens is 290 g/mol. The Morgan fingerprint density at radius 1 is 1.13 bits per heavy atom. The molecule has 2 N–H and O–H groups in total. The standard InChI is InChI=1S/C18H25N3O2/c22-17(13-16-18(23)20-9-8-19-16)21-10-6-15(7-11-21)12-14-4-2-1-3-5-14/h1-5,15-16,19H,6-13H2,(H,20,23). The molecule has 1 atom stereocenters. The fourth-order valence-electron chi connectivity index (χ4n) is 3.45. The first-order chi connectivity index (χ1) is 11.2. The van der Waals surface area contributed by atoms with Gasteiger partial charge in [-0.15, -0.1) is 0 Å². The second-order valence-corrected chi connectivity index (χ2v) is 6.52. The zero-order valence-corrected chi connectivity index (χ0v) is 13.5. The first-order valence-electron chi connectivity index (χ1n) is 8.55. The Bertz CT molecular complexity index is 538. The molecule has 5 nitrogen and oxygen atoms in total. The molecule has 2 saturated heterocycles. The van der Waals surface area contributed by atoms with Crippen molar-refractivity contribution in [1.82, 2.24) is 15.5 Å². The maximum atomic E-state index is 12.4. The van der Waals surface area contributed by atoms with Gasteiger partial charge in [0.1, 0.15) is 0 Å². The van der Waals surface area contributed by atoms with Crippen molar-refractivity contribution in [2.75, 3.05) is 26.2 Å². The molecule has 124 valence electrons. The van der Waals surface area contributed by atoms with Gasteiger partial charge in [0, 0.05) is 26.2 Å². The van der Waals surface area contributed by atoms with Crippen LogP contribution in [-0.2, 0) is 16.0 Å². The van der Waals surface area contributed by atoms with Crippen LogP contribution in [0.3, 0.4) is 0 Å². The number of piperazine rings is 1. The van der Waals surface area contributed by atoms with Crippen molar-refractivity contribution in [2.24, 2.45) is 5.92 Å². The first-order valence-corrected chi connectivity index (χ1v) is 8.55. The lowest BCUT2D eigenvalue weighted by molar-refractivity contribution is -0.136. The lowest BCUT2D eigenvalue weighted by atomic mass is 9.90. The van der Waals surface area contributed by atoms with E-state index in [-0.39, 0.29) is 24.3 Å². The van der Waals surface area contributed by atoms with Crippen molar-refractivity contribution in [3.63, 3.8) is 0 Å². The molecule has 0 aromatic heterocycles. The van der Waals surface area contributed by atoms with Gasteiger partial charge in [0.15, 0.2) is 0 Å². The molecule has 1 aromatic rings. The highest BCUT2D eigenvalue weighted by Crippen LogP contribution is 2.22. The molecule has 0 saturated carbocycles. The number of nitrogens with zero attached hydrogens (tertiary/aromatic N) is 1. The van der Waals surface area contributed by atoms with Crippen molar-refractivity contribution in [2.45, 2.75) is 31.7 Å². The number of amides is 2. The van der Waals surface area contributed by atoms with Crippen molar-refractivity contribution in [3.8, 4) is 0 Å². The minimum atomic E-state index is -0.363. The Morgan fingerprint density at radius 2 is 1.87 bits per heavy atom. The zero-order chi connectivity index (χ0) is 16.1. The van der Waals surface area contributed by atoms with Crippen molar-refractivity contribution in [3.05, 3.63) is 35.9 Å². The molecule has 23 heavy (non-hydrogen) atoms. The number of likely N-dealkylation sites (tertiary alicyclic amines) is 1. The average Bonchev–Trinajstić information content (AvgIpc) is 2.58. The highest BCUT2D eigenvalue weighted by molar-refractivity contribution is 5.88. The molecule has 0 spiro atoms. The lowest BCUT2D eigenvalue weighted by Crippen LogP contribution is -2.54. The Hall–Kier alpha value is -1.88. The van der Waals surface area contributed by atoms with Gasteiger partial charge in [0.2, 0.25) is 11.8 Å². The van der Waals surface area contributed by atoms with Crippen LogP contribution in [-0.4, -0.2) is 48.9 Å². The molecule has 0 aliphatic carbocycles. The largest absolute Gasteiger partial charge is 0.353 e. The van der Waals surface area contributed by atoms with E-state index in [1.807, 2.05) is 11.0 Å². The third-order valence-corrected chi connectivity index (χ3v) is 4.84. The average molecular weight is 315 g/mol. The number of carbonyl (C=O) groups excluding carboxylic acids is 2. The minimum Gasteiger partial charge on any atom is -0.353 e. The van der Waals surface area contributed by atoms with E-state index in [0.29, 0.717) is 12.5 Å². The van der Waals surface area contributed by atoms with E-state index in [1.165, 1.54) is 5.56 Å². The second kappa shape index (κ2) is 7.59. The summed E-state index contributed by atoms with van der Waals surface area (Å²) in [5, 5.41) is 5.92. The van der Waals surface area contributed by atoms with E-state index in [1.54, 1.807) is 0 Å². The normalized spacial score (nSPS) is 22.7. The number of benzene rings is 1. The van der Waals surface area contributed by atoms with Gasteiger partial charge < -0.3 is 15.5 Å². The summed E-state index contributed by atoms with van der Waals surface area (Å²) < 4.78 is 0. The molecule has 2 amide bonds. The van der Waals surface area contributed by atoms with E-state index in [0.717, 1.165) is 38.9 Å². The molecular formula is C18H25N3O2. The minimum absolute atomic E-state index is 0.0523. The van der Waals surface area contributed by atoms with Gasteiger partial charge in [-0.05, 0) is 30.7 Å². The number of piperidine rings is 1. The molecule has 1 unspecified atom stereocenters. The van der Waals surface area contributed by atoms with Crippen LogP contribution in [0.5, 0.6) is 0 Å². The summed E-state index contributed by atoms with van der Waals surface area (Å²) in [5.74, 6) is 0.693. The van der Waals surface area contributed by atoms with Gasteiger partial charge in [0.25, 0.3) is 0 Å². The highest BCUT2D eigenvalue weighted by Gasteiger charge is 2.28. The van der Waals surface area contributed by atoms with E-state index >= 15 is 0 Å². The molecule has 2 aliphatic heterocycles. The van der Waals surface area contributed by atoms with Gasteiger partial charge in [-0.25, -0.2) is 0 Å². The molecule has 2 heterocycles. The number of carbonyl (C=O) groups is 2. The Labute approximate surface area is 137 Å². The summed E-state index contributed by atoms with van der Waals surface area (Å²) in [7, 11) is 0. The molecule has 2 fully saturated rings. The molecule has 0 radical (unpaired) electrons. The Morgan fingerprint density at radius 3 is 2.57 bits per heavy atom. The van der Waals surface area contributed by atoms with Crippen molar-refractivity contribution < 1.29 is 9.59 Å². The zero-order valence-electron chi connectivity index (χ0n) is 13.5. The van der Waals surface area contributed by atoms with Crippen LogP contribution in [0.4, 0.5) is 0 Å².